The Morgan fingerprint density at radius 3 is 2.95 bits per heavy atom. The zero-order valence-electron chi connectivity index (χ0n) is 10.7. The Hall–Kier alpha value is -1.46. The highest BCUT2D eigenvalue weighted by Crippen LogP contribution is 2.16. The van der Waals surface area contributed by atoms with Gasteiger partial charge in [-0.2, -0.15) is 0 Å². The van der Waals surface area contributed by atoms with E-state index in [9.17, 15) is 4.79 Å². The lowest BCUT2D eigenvalue weighted by Crippen LogP contribution is -2.24. The number of hydrogen-bond donors (Lipinski definition) is 1. The summed E-state index contributed by atoms with van der Waals surface area (Å²) in [6, 6.07) is 3.91. The summed E-state index contributed by atoms with van der Waals surface area (Å²) in [5.74, 6) is 0.495. The van der Waals surface area contributed by atoms with Crippen molar-refractivity contribution in [3.63, 3.8) is 0 Å². The average molecular weight is 296 g/mol. The number of nitrogens with one attached hydrogen (secondary N) is 1. The Kier molecular flexibility index (Phi) is 4.50. The summed E-state index contributed by atoms with van der Waals surface area (Å²) in [6.07, 6.45) is 1.48. The molecule has 19 heavy (non-hydrogen) atoms. The number of rotatable bonds is 4. The average Bonchev–Trinajstić information content (AvgIpc) is 2.89. The van der Waals surface area contributed by atoms with Crippen molar-refractivity contribution in [2.75, 3.05) is 0 Å². The van der Waals surface area contributed by atoms with Crippen molar-refractivity contribution in [2.45, 2.75) is 26.3 Å². The van der Waals surface area contributed by atoms with E-state index in [4.69, 9.17) is 11.6 Å². The Morgan fingerprint density at radius 2 is 2.32 bits per heavy atom. The number of thiophene rings is 1. The number of nitrogens with zero attached hydrogens (tertiary/aromatic N) is 2. The van der Waals surface area contributed by atoms with Crippen LogP contribution in [0.1, 0.15) is 41.0 Å². The standard InChI is InChI=1S/C13H14ClN3OS/c1-8(2)12-15-7-10(14)11(17-12)13(18)16-6-9-4-3-5-19-9/h3-5,7-8H,6H2,1-2H3,(H,16,18). The monoisotopic (exact) mass is 295 g/mol. The number of hydrogen-bond acceptors (Lipinski definition) is 4. The quantitative estimate of drug-likeness (QED) is 0.942. The van der Waals surface area contributed by atoms with E-state index in [1.54, 1.807) is 11.3 Å². The van der Waals surface area contributed by atoms with Crippen LogP contribution in [0.4, 0.5) is 0 Å². The molecule has 0 spiro atoms. The van der Waals surface area contributed by atoms with Crippen LogP contribution in [0.3, 0.4) is 0 Å². The number of carbonyl (C=O) groups excluding carboxylic acids is 1. The summed E-state index contributed by atoms with van der Waals surface area (Å²) in [4.78, 5) is 21.5. The van der Waals surface area contributed by atoms with Gasteiger partial charge in [0.25, 0.3) is 5.91 Å². The molecule has 2 rings (SSSR count). The second-order valence-corrected chi connectivity index (χ2v) is 5.78. The van der Waals surface area contributed by atoms with Gasteiger partial charge in [0.1, 0.15) is 11.5 Å². The van der Waals surface area contributed by atoms with E-state index in [2.05, 4.69) is 15.3 Å². The third-order valence-corrected chi connectivity index (χ3v) is 3.65. The van der Waals surface area contributed by atoms with Gasteiger partial charge in [0, 0.05) is 10.8 Å². The molecule has 0 unspecified atom stereocenters. The second kappa shape index (κ2) is 6.12. The number of amides is 1. The van der Waals surface area contributed by atoms with Gasteiger partial charge in [-0.1, -0.05) is 31.5 Å². The zero-order valence-corrected chi connectivity index (χ0v) is 12.3. The topological polar surface area (TPSA) is 54.9 Å². The summed E-state index contributed by atoms with van der Waals surface area (Å²) < 4.78 is 0. The van der Waals surface area contributed by atoms with Gasteiger partial charge in [0.15, 0.2) is 0 Å². The molecule has 0 aliphatic heterocycles. The van der Waals surface area contributed by atoms with Gasteiger partial charge in [-0.3, -0.25) is 4.79 Å². The minimum atomic E-state index is -0.275. The maximum Gasteiger partial charge on any atom is 0.271 e. The highest BCUT2D eigenvalue weighted by Gasteiger charge is 2.15. The van der Waals surface area contributed by atoms with Gasteiger partial charge in [-0.15, -0.1) is 11.3 Å². The zero-order chi connectivity index (χ0) is 13.8. The Bertz CT molecular complexity index is 569. The third kappa shape index (κ3) is 3.52. The van der Waals surface area contributed by atoms with Crippen molar-refractivity contribution < 1.29 is 4.79 Å². The summed E-state index contributed by atoms with van der Waals surface area (Å²) in [7, 11) is 0. The van der Waals surface area contributed by atoms with Crippen LogP contribution >= 0.6 is 22.9 Å². The molecule has 2 heterocycles. The van der Waals surface area contributed by atoms with Gasteiger partial charge in [-0.25, -0.2) is 9.97 Å². The summed E-state index contributed by atoms with van der Waals surface area (Å²) in [5.41, 5.74) is 0.233. The first kappa shape index (κ1) is 14.0. The van der Waals surface area contributed by atoms with Gasteiger partial charge in [0.05, 0.1) is 17.8 Å². The fourth-order valence-corrected chi connectivity index (χ4v) is 2.30. The van der Waals surface area contributed by atoms with E-state index >= 15 is 0 Å². The molecule has 4 nitrogen and oxygen atoms in total. The third-order valence-electron chi connectivity index (χ3n) is 2.50. The van der Waals surface area contributed by atoms with Crippen LogP contribution in [-0.2, 0) is 6.54 Å². The fourth-order valence-electron chi connectivity index (χ4n) is 1.48. The molecule has 1 N–H and O–H groups in total. The van der Waals surface area contributed by atoms with Gasteiger partial charge in [-0.05, 0) is 11.4 Å². The molecule has 1 amide bonds. The van der Waals surface area contributed by atoms with Crippen LogP contribution in [0.25, 0.3) is 0 Å². The van der Waals surface area contributed by atoms with Crippen molar-refractivity contribution in [1.29, 1.82) is 0 Å². The molecule has 0 aliphatic rings. The molecule has 0 atom stereocenters. The Morgan fingerprint density at radius 1 is 1.53 bits per heavy atom. The SMILES string of the molecule is CC(C)c1ncc(Cl)c(C(=O)NCc2cccs2)n1. The predicted octanol–water partition coefficient (Wildman–Crippen LogP) is 3.24. The second-order valence-electron chi connectivity index (χ2n) is 4.34. The van der Waals surface area contributed by atoms with Crippen molar-refractivity contribution in [2.24, 2.45) is 0 Å². The highest BCUT2D eigenvalue weighted by molar-refractivity contribution is 7.09. The smallest absolute Gasteiger partial charge is 0.271 e. The van der Waals surface area contributed by atoms with Crippen LogP contribution in [0.2, 0.25) is 5.02 Å². The minimum Gasteiger partial charge on any atom is -0.346 e. The lowest BCUT2D eigenvalue weighted by molar-refractivity contribution is 0.0946. The molecule has 2 aromatic rings. The van der Waals surface area contributed by atoms with Gasteiger partial charge >= 0.3 is 0 Å². The van der Waals surface area contributed by atoms with Crippen LogP contribution in [0.15, 0.2) is 23.7 Å². The van der Waals surface area contributed by atoms with Crippen molar-refractivity contribution in [1.82, 2.24) is 15.3 Å². The number of aromatic nitrogens is 2. The van der Waals surface area contributed by atoms with Crippen LogP contribution in [0.5, 0.6) is 0 Å². The lowest BCUT2D eigenvalue weighted by Gasteiger charge is -2.08. The largest absolute Gasteiger partial charge is 0.346 e. The molecule has 0 radical (unpaired) electrons. The molecule has 0 saturated heterocycles. The van der Waals surface area contributed by atoms with Crippen LogP contribution in [0, 0.1) is 0 Å². The normalized spacial score (nSPS) is 10.7. The van der Waals surface area contributed by atoms with E-state index in [1.165, 1.54) is 6.20 Å². The van der Waals surface area contributed by atoms with E-state index in [0.29, 0.717) is 12.4 Å². The first-order valence-electron chi connectivity index (χ1n) is 5.91. The number of carbonyl (C=O) groups is 1. The fraction of sp³-hybridized carbons (Fsp3) is 0.308. The van der Waals surface area contributed by atoms with Crippen molar-refractivity contribution in [3.8, 4) is 0 Å². The first-order valence-corrected chi connectivity index (χ1v) is 7.16. The Labute approximate surface area is 120 Å². The van der Waals surface area contributed by atoms with Crippen LogP contribution < -0.4 is 5.32 Å². The molecule has 2 aromatic heterocycles. The minimum absolute atomic E-state index is 0.154. The van der Waals surface area contributed by atoms with Crippen molar-refractivity contribution in [3.05, 3.63) is 45.1 Å². The lowest BCUT2D eigenvalue weighted by atomic mass is 10.2. The molecular formula is C13H14ClN3OS. The van der Waals surface area contributed by atoms with E-state index in [1.807, 2.05) is 31.4 Å². The molecular weight excluding hydrogens is 282 g/mol. The molecule has 0 bridgehead atoms. The molecule has 0 aromatic carbocycles. The predicted molar refractivity (Wildman–Crippen MR) is 76.6 cm³/mol. The highest BCUT2D eigenvalue weighted by atomic mass is 35.5. The maximum atomic E-state index is 12.1. The summed E-state index contributed by atoms with van der Waals surface area (Å²) in [6.45, 7) is 4.42. The van der Waals surface area contributed by atoms with Crippen LogP contribution in [-0.4, -0.2) is 15.9 Å². The van der Waals surface area contributed by atoms with E-state index in [-0.39, 0.29) is 22.5 Å². The van der Waals surface area contributed by atoms with E-state index in [0.717, 1.165) is 4.88 Å². The molecule has 6 heteroatoms. The van der Waals surface area contributed by atoms with Gasteiger partial charge in [0.2, 0.25) is 0 Å². The molecule has 0 saturated carbocycles. The van der Waals surface area contributed by atoms with Gasteiger partial charge < -0.3 is 5.32 Å². The Balaban J connectivity index is 2.11. The van der Waals surface area contributed by atoms with Crippen molar-refractivity contribution >= 4 is 28.8 Å². The first-order chi connectivity index (χ1) is 9.08. The molecule has 0 fully saturated rings. The summed E-state index contributed by atoms with van der Waals surface area (Å²) in [5, 5.41) is 5.04. The molecule has 0 aliphatic carbocycles. The number of halogens is 1. The molecule has 100 valence electrons. The van der Waals surface area contributed by atoms with E-state index < -0.39 is 0 Å². The maximum absolute atomic E-state index is 12.1. The summed E-state index contributed by atoms with van der Waals surface area (Å²) >= 11 is 7.57.